The second-order valence-electron chi connectivity index (χ2n) is 8.47. The van der Waals surface area contributed by atoms with Crippen LogP contribution in [-0.2, 0) is 6.42 Å². The highest BCUT2D eigenvalue weighted by Gasteiger charge is 2.43. The Balaban J connectivity index is 1.28. The zero-order chi connectivity index (χ0) is 19.7. The van der Waals surface area contributed by atoms with Crippen molar-refractivity contribution in [2.24, 2.45) is 5.41 Å². The molecule has 2 aromatic rings. The zero-order valence-corrected chi connectivity index (χ0v) is 17.3. The molecule has 0 unspecified atom stereocenters. The molecule has 2 aromatic carbocycles. The maximum Gasteiger partial charge on any atom is 0.164 e. The summed E-state index contributed by atoms with van der Waals surface area (Å²) in [5.74, 6) is 0.217. The first-order valence-electron chi connectivity index (χ1n) is 10.3. The van der Waals surface area contributed by atoms with Crippen LogP contribution in [0.25, 0.3) is 5.57 Å². The number of rotatable bonds is 5. The van der Waals surface area contributed by atoms with Crippen molar-refractivity contribution < 1.29 is 4.79 Å². The van der Waals surface area contributed by atoms with Crippen LogP contribution in [0.2, 0.25) is 5.02 Å². The van der Waals surface area contributed by atoms with E-state index in [0.717, 1.165) is 49.2 Å². The third-order valence-electron chi connectivity index (χ3n) is 6.70. The van der Waals surface area contributed by atoms with Gasteiger partial charge in [0.2, 0.25) is 0 Å². The zero-order valence-electron chi connectivity index (χ0n) is 16.6. The minimum absolute atomic E-state index is 0.184. The third kappa shape index (κ3) is 3.68. The summed E-state index contributed by atoms with van der Waals surface area (Å²) >= 11 is 6.44. The maximum absolute atomic E-state index is 12.3. The molecule has 0 aliphatic heterocycles. The molecular formula is C25H28ClNO. The fourth-order valence-corrected chi connectivity index (χ4v) is 5.12. The first-order chi connectivity index (χ1) is 13.5. The van der Waals surface area contributed by atoms with Gasteiger partial charge in [-0.1, -0.05) is 60.1 Å². The van der Waals surface area contributed by atoms with E-state index in [-0.39, 0.29) is 11.2 Å². The molecule has 2 aliphatic rings. The van der Waals surface area contributed by atoms with Crippen molar-refractivity contribution in [1.29, 1.82) is 0 Å². The van der Waals surface area contributed by atoms with Gasteiger partial charge < -0.3 is 5.32 Å². The lowest BCUT2D eigenvalue weighted by molar-refractivity contribution is 0.0980. The van der Waals surface area contributed by atoms with E-state index in [1.165, 1.54) is 22.3 Å². The number of halogens is 1. The molecule has 1 saturated carbocycles. The van der Waals surface area contributed by atoms with Crippen LogP contribution < -0.4 is 5.32 Å². The van der Waals surface area contributed by atoms with Crippen molar-refractivity contribution in [3.8, 4) is 0 Å². The molecule has 1 spiro atoms. The summed E-state index contributed by atoms with van der Waals surface area (Å²) in [6.45, 7) is 7.23. The number of allylic oxidation sites excluding steroid dienone is 1. The van der Waals surface area contributed by atoms with Gasteiger partial charge in [0.25, 0.3) is 0 Å². The smallest absolute Gasteiger partial charge is 0.164 e. The van der Waals surface area contributed by atoms with Gasteiger partial charge in [-0.15, -0.1) is 0 Å². The molecule has 2 nitrogen and oxygen atoms in total. The molecule has 0 atom stereocenters. The summed E-state index contributed by atoms with van der Waals surface area (Å²) in [5.41, 5.74) is 6.00. The van der Waals surface area contributed by atoms with Crippen molar-refractivity contribution in [2.75, 3.05) is 6.54 Å². The number of aryl methyl sites for hydroxylation is 1. The highest BCUT2D eigenvalue weighted by molar-refractivity contribution is 6.31. The fraction of sp³-hybridized carbons (Fsp3) is 0.400. The summed E-state index contributed by atoms with van der Waals surface area (Å²) in [6.07, 6.45) is 6.12. The van der Waals surface area contributed by atoms with E-state index in [0.29, 0.717) is 12.5 Å². The molecule has 0 saturated heterocycles. The predicted octanol–water partition coefficient (Wildman–Crippen LogP) is 6.01. The molecule has 0 radical (unpaired) electrons. The predicted molar refractivity (Wildman–Crippen MR) is 117 cm³/mol. The number of hydrogen-bond acceptors (Lipinski definition) is 2. The van der Waals surface area contributed by atoms with Gasteiger partial charge in [0.05, 0.1) is 0 Å². The lowest BCUT2D eigenvalue weighted by Gasteiger charge is -2.38. The fourth-order valence-electron chi connectivity index (χ4n) is 4.88. The van der Waals surface area contributed by atoms with Crippen LogP contribution in [0.1, 0.15) is 59.2 Å². The summed E-state index contributed by atoms with van der Waals surface area (Å²) in [4.78, 5) is 12.3. The van der Waals surface area contributed by atoms with E-state index in [1.54, 1.807) is 0 Å². The number of fused-ring (bicyclic) bond motifs is 1. The van der Waals surface area contributed by atoms with Crippen LogP contribution in [0, 0.1) is 12.3 Å². The number of carbonyl (C=O) groups is 1. The normalized spacial score (nSPS) is 23.8. The van der Waals surface area contributed by atoms with Crippen molar-refractivity contribution in [2.45, 2.75) is 51.5 Å². The highest BCUT2D eigenvalue weighted by Crippen LogP contribution is 2.55. The SMILES string of the molecule is C=C1c2cccc(Cl)c2CC12CCC(NCCC(=O)c1ccc(C)cc1)CC2. The number of Topliss-reactive ketones (excluding diaryl/α,β-unsaturated/α-hetero) is 1. The van der Waals surface area contributed by atoms with Gasteiger partial charge in [0.15, 0.2) is 5.78 Å². The summed E-state index contributed by atoms with van der Waals surface area (Å²) in [6, 6.07) is 14.5. The van der Waals surface area contributed by atoms with Crippen LogP contribution in [0.4, 0.5) is 0 Å². The number of ketones is 1. The minimum atomic E-state index is 0.184. The Bertz CT molecular complexity index is 891. The van der Waals surface area contributed by atoms with E-state index >= 15 is 0 Å². The number of hydrogen-bond donors (Lipinski definition) is 1. The molecule has 28 heavy (non-hydrogen) atoms. The molecular weight excluding hydrogens is 366 g/mol. The molecule has 0 amide bonds. The first-order valence-corrected chi connectivity index (χ1v) is 10.7. The third-order valence-corrected chi connectivity index (χ3v) is 7.05. The van der Waals surface area contributed by atoms with Crippen LogP contribution in [0.5, 0.6) is 0 Å². The second kappa shape index (κ2) is 7.85. The van der Waals surface area contributed by atoms with Crippen LogP contribution in [-0.4, -0.2) is 18.4 Å². The van der Waals surface area contributed by atoms with E-state index in [2.05, 4.69) is 18.0 Å². The monoisotopic (exact) mass is 393 g/mol. The van der Waals surface area contributed by atoms with Gasteiger partial charge >= 0.3 is 0 Å². The van der Waals surface area contributed by atoms with Crippen molar-refractivity contribution in [1.82, 2.24) is 5.32 Å². The summed E-state index contributed by atoms with van der Waals surface area (Å²) in [7, 11) is 0. The molecule has 0 heterocycles. The standard InChI is InChI=1S/C25H28ClNO/c1-17-6-8-19(9-7-17)24(28)12-15-27-20-10-13-25(14-11-20)16-22-21(18(25)2)4-3-5-23(22)26/h3-9,20,27H,2,10-16H2,1H3. The topological polar surface area (TPSA) is 29.1 Å². The minimum Gasteiger partial charge on any atom is -0.314 e. The van der Waals surface area contributed by atoms with Crippen molar-refractivity contribution in [3.63, 3.8) is 0 Å². The van der Waals surface area contributed by atoms with Gasteiger partial charge in [-0.05, 0) is 67.2 Å². The summed E-state index contributed by atoms with van der Waals surface area (Å²) < 4.78 is 0. The Hall–Kier alpha value is -1.90. The molecule has 0 aromatic heterocycles. The Kier molecular flexibility index (Phi) is 5.44. The van der Waals surface area contributed by atoms with Crippen molar-refractivity contribution in [3.05, 3.63) is 76.3 Å². The average molecular weight is 394 g/mol. The molecule has 4 rings (SSSR count). The Morgan fingerprint density at radius 3 is 2.57 bits per heavy atom. The molecule has 1 N–H and O–H groups in total. The van der Waals surface area contributed by atoms with E-state index in [9.17, 15) is 4.79 Å². The van der Waals surface area contributed by atoms with Crippen molar-refractivity contribution >= 4 is 23.0 Å². The Morgan fingerprint density at radius 1 is 1.18 bits per heavy atom. The molecule has 3 heteroatoms. The molecule has 146 valence electrons. The Morgan fingerprint density at radius 2 is 1.89 bits per heavy atom. The van der Waals surface area contributed by atoms with Gasteiger partial charge in [0.1, 0.15) is 0 Å². The lowest BCUT2D eigenvalue weighted by atomic mass is 9.68. The molecule has 0 bridgehead atoms. The van der Waals surface area contributed by atoms with E-state index in [4.69, 9.17) is 11.6 Å². The number of benzene rings is 2. The number of nitrogens with one attached hydrogen (secondary N) is 1. The largest absolute Gasteiger partial charge is 0.314 e. The van der Waals surface area contributed by atoms with Gasteiger partial charge in [-0.2, -0.15) is 0 Å². The van der Waals surface area contributed by atoms with Crippen LogP contribution in [0.15, 0.2) is 49.0 Å². The molecule has 1 fully saturated rings. The number of carbonyl (C=O) groups excluding carboxylic acids is 1. The first kappa shape index (κ1) is 19.4. The van der Waals surface area contributed by atoms with E-state index in [1.807, 2.05) is 43.3 Å². The van der Waals surface area contributed by atoms with Gasteiger partial charge in [-0.3, -0.25) is 4.79 Å². The van der Waals surface area contributed by atoms with Crippen LogP contribution in [0.3, 0.4) is 0 Å². The Labute approximate surface area is 173 Å². The maximum atomic E-state index is 12.3. The second-order valence-corrected chi connectivity index (χ2v) is 8.88. The van der Waals surface area contributed by atoms with Crippen LogP contribution >= 0.6 is 11.6 Å². The highest BCUT2D eigenvalue weighted by atomic mass is 35.5. The lowest BCUT2D eigenvalue weighted by Crippen LogP contribution is -2.38. The van der Waals surface area contributed by atoms with E-state index < -0.39 is 0 Å². The van der Waals surface area contributed by atoms with Gasteiger partial charge in [0, 0.05) is 29.6 Å². The van der Waals surface area contributed by atoms with Gasteiger partial charge in [-0.25, -0.2) is 0 Å². The quantitative estimate of drug-likeness (QED) is 0.630. The average Bonchev–Trinajstić information content (AvgIpc) is 2.97. The summed E-state index contributed by atoms with van der Waals surface area (Å²) in [5, 5.41) is 4.49. The molecule has 2 aliphatic carbocycles.